The number of aromatic nitrogens is 1. The van der Waals surface area contributed by atoms with Crippen molar-refractivity contribution >= 4 is 0 Å². The van der Waals surface area contributed by atoms with E-state index >= 15 is 0 Å². The van der Waals surface area contributed by atoms with Crippen LogP contribution in [0.15, 0.2) is 30.6 Å². The molecule has 0 amide bonds. The summed E-state index contributed by atoms with van der Waals surface area (Å²) >= 11 is 0. The second-order valence-electron chi connectivity index (χ2n) is 1.73. The summed E-state index contributed by atoms with van der Waals surface area (Å²) in [5, 5.41) is 0. The van der Waals surface area contributed by atoms with Crippen LogP contribution in [0.1, 0.15) is 0 Å². The van der Waals surface area contributed by atoms with Gasteiger partial charge in [0, 0.05) is 12.4 Å². The van der Waals surface area contributed by atoms with Gasteiger partial charge in [0.25, 0.3) is 0 Å². The van der Waals surface area contributed by atoms with Crippen LogP contribution in [0.25, 0.3) is 0 Å². The molecule has 0 unspecified atom stereocenters. The van der Waals surface area contributed by atoms with Gasteiger partial charge in [0.15, 0.2) is 0 Å². The van der Waals surface area contributed by atoms with Gasteiger partial charge in [0.1, 0.15) is 5.75 Å². The molecule has 0 aliphatic heterocycles. The Morgan fingerprint density at radius 1 is 1.45 bits per heavy atom. The van der Waals surface area contributed by atoms with E-state index < -0.39 is 0 Å². The first-order chi connectivity index (χ1) is 4.93. The number of rotatable bonds is 3. The van der Waals surface area contributed by atoms with Crippen LogP contribution in [0.2, 0.25) is 0 Å². The summed E-state index contributed by atoms with van der Waals surface area (Å²) in [5.41, 5.74) is 0. The summed E-state index contributed by atoms with van der Waals surface area (Å²) in [6.07, 6.45) is 4.80. The van der Waals surface area contributed by atoms with E-state index in [4.69, 9.17) is 11.3 Å². The minimum atomic E-state index is 0. The van der Waals surface area contributed by atoms with E-state index in [0.717, 1.165) is 5.75 Å². The molecule has 0 aliphatic rings. The maximum Gasteiger partial charge on any atom is 1.00 e. The van der Waals surface area contributed by atoms with E-state index in [1.807, 2.05) is 0 Å². The summed E-state index contributed by atoms with van der Waals surface area (Å²) in [6.45, 7) is 5.55. The average Bonchev–Trinajstić information content (AvgIpc) is 2.03. The van der Waals surface area contributed by atoms with Gasteiger partial charge in [0.2, 0.25) is 0 Å². The molecule has 0 atom stereocenters. The molecule has 0 saturated carbocycles. The van der Waals surface area contributed by atoms with Gasteiger partial charge in [-0.3, -0.25) is 4.98 Å². The maximum absolute atomic E-state index is 5.13. The van der Waals surface area contributed by atoms with Gasteiger partial charge in [-0.05, 0) is 12.1 Å². The van der Waals surface area contributed by atoms with E-state index in [0.29, 0.717) is 6.61 Å². The molecular formula is C8H8KNO. The minimum absolute atomic E-state index is 0. The minimum Gasteiger partial charge on any atom is -0.515 e. The summed E-state index contributed by atoms with van der Waals surface area (Å²) < 4.78 is 5.13. The number of pyridine rings is 1. The number of nitrogens with zero attached hydrogens (tertiary/aromatic N) is 1. The van der Waals surface area contributed by atoms with Gasteiger partial charge >= 0.3 is 51.4 Å². The zero-order valence-corrected chi connectivity index (χ0v) is 9.65. The van der Waals surface area contributed by atoms with Crippen molar-refractivity contribution in [3.63, 3.8) is 0 Å². The number of ether oxygens (including phenoxy) is 1. The summed E-state index contributed by atoms with van der Waals surface area (Å²) in [7, 11) is 0. The average molecular weight is 173 g/mol. The molecule has 0 radical (unpaired) electrons. The van der Waals surface area contributed by atoms with Crippen molar-refractivity contribution < 1.29 is 56.1 Å². The van der Waals surface area contributed by atoms with Gasteiger partial charge < -0.3 is 11.3 Å². The monoisotopic (exact) mass is 173 g/mol. The Kier molecular flexibility index (Phi) is 7.21. The SMILES string of the molecule is [CH-]=CCOc1ccncc1.[K+]. The molecule has 0 bridgehead atoms. The normalized spacial score (nSPS) is 8.00. The quantitative estimate of drug-likeness (QED) is 0.408. The first-order valence-corrected chi connectivity index (χ1v) is 2.99. The third-order valence-corrected chi connectivity index (χ3v) is 0.996. The molecular weight excluding hydrogens is 165 g/mol. The molecule has 11 heavy (non-hydrogen) atoms. The van der Waals surface area contributed by atoms with Crippen LogP contribution in [0.3, 0.4) is 0 Å². The third kappa shape index (κ3) is 4.71. The van der Waals surface area contributed by atoms with E-state index in [2.05, 4.69) is 4.98 Å². The van der Waals surface area contributed by atoms with Gasteiger partial charge in [-0.2, -0.15) is 0 Å². The van der Waals surface area contributed by atoms with Gasteiger partial charge in [-0.25, -0.2) is 6.08 Å². The Balaban J connectivity index is 0.000001000. The third-order valence-electron chi connectivity index (χ3n) is 0.996. The van der Waals surface area contributed by atoms with Gasteiger partial charge in [-0.1, -0.05) is 0 Å². The standard InChI is InChI=1S/C8H8NO.K/c1-2-7-10-8-3-5-9-6-4-8;/h1-6H,7H2;/q-1;+1. The van der Waals surface area contributed by atoms with Crippen LogP contribution < -0.4 is 56.1 Å². The first kappa shape index (κ1) is 11.3. The number of hydrogen-bond donors (Lipinski definition) is 0. The molecule has 2 nitrogen and oxygen atoms in total. The molecule has 3 heteroatoms. The molecule has 0 N–H and O–H groups in total. The predicted octanol–water partition coefficient (Wildman–Crippen LogP) is -1.55. The Morgan fingerprint density at radius 2 is 2.09 bits per heavy atom. The van der Waals surface area contributed by atoms with Crippen LogP contribution in [0.4, 0.5) is 0 Å². The molecule has 0 fully saturated rings. The topological polar surface area (TPSA) is 22.1 Å². The maximum atomic E-state index is 5.13. The van der Waals surface area contributed by atoms with Crippen LogP contribution in [0, 0.1) is 6.58 Å². The first-order valence-electron chi connectivity index (χ1n) is 2.99. The fourth-order valence-electron chi connectivity index (χ4n) is 0.579. The summed E-state index contributed by atoms with van der Waals surface area (Å²) in [5.74, 6) is 0.789. The van der Waals surface area contributed by atoms with Crippen molar-refractivity contribution in [3.8, 4) is 5.75 Å². The van der Waals surface area contributed by atoms with Gasteiger partial charge in [0.05, 0.1) is 6.61 Å². The Morgan fingerprint density at radius 3 is 2.64 bits per heavy atom. The molecule has 0 spiro atoms. The fraction of sp³-hybridized carbons (Fsp3) is 0.125. The molecule has 1 aromatic rings. The van der Waals surface area contributed by atoms with Crippen molar-refractivity contribution in [3.05, 3.63) is 37.2 Å². The summed E-state index contributed by atoms with van der Waals surface area (Å²) in [4.78, 5) is 3.83. The van der Waals surface area contributed by atoms with E-state index in [9.17, 15) is 0 Å². The Labute approximate surface area is 109 Å². The van der Waals surface area contributed by atoms with Crippen molar-refractivity contribution in [1.29, 1.82) is 0 Å². The van der Waals surface area contributed by atoms with Gasteiger partial charge in [-0.15, -0.1) is 0 Å². The molecule has 0 aliphatic carbocycles. The van der Waals surface area contributed by atoms with E-state index in [1.54, 1.807) is 24.5 Å². The number of hydrogen-bond acceptors (Lipinski definition) is 2. The van der Waals surface area contributed by atoms with Crippen LogP contribution in [-0.2, 0) is 0 Å². The van der Waals surface area contributed by atoms with E-state index in [-0.39, 0.29) is 51.4 Å². The Hall–Kier alpha value is 0.326. The largest absolute Gasteiger partial charge is 1.00 e. The summed E-state index contributed by atoms with van der Waals surface area (Å²) in [6, 6.07) is 3.56. The van der Waals surface area contributed by atoms with Crippen LogP contribution in [-0.4, -0.2) is 11.6 Å². The Bertz CT molecular complexity index is 201. The van der Waals surface area contributed by atoms with E-state index in [1.165, 1.54) is 6.08 Å². The van der Waals surface area contributed by atoms with Crippen LogP contribution >= 0.6 is 0 Å². The molecule has 0 saturated heterocycles. The second kappa shape index (κ2) is 7.00. The smallest absolute Gasteiger partial charge is 0.515 e. The molecule has 52 valence electrons. The molecule has 1 aromatic heterocycles. The van der Waals surface area contributed by atoms with Crippen molar-refractivity contribution in [2.24, 2.45) is 0 Å². The fourth-order valence-corrected chi connectivity index (χ4v) is 0.579. The van der Waals surface area contributed by atoms with Crippen LogP contribution in [0.5, 0.6) is 5.75 Å². The molecule has 1 heterocycles. The van der Waals surface area contributed by atoms with Crippen molar-refractivity contribution in [2.75, 3.05) is 6.61 Å². The predicted molar refractivity (Wildman–Crippen MR) is 38.6 cm³/mol. The molecule has 0 aromatic carbocycles. The zero-order valence-electron chi connectivity index (χ0n) is 6.53. The second-order valence-corrected chi connectivity index (χ2v) is 1.73. The molecule has 1 rings (SSSR count). The zero-order chi connectivity index (χ0) is 7.23. The van der Waals surface area contributed by atoms with Crippen molar-refractivity contribution in [2.45, 2.75) is 0 Å². The van der Waals surface area contributed by atoms with Crippen molar-refractivity contribution in [1.82, 2.24) is 4.98 Å².